The van der Waals surface area contributed by atoms with Crippen molar-refractivity contribution in [2.24, 2.45) is 5.92 Å². The highest BCUT2D eigenvalue weighted by Gasteiger charge is 2.36. The van der Waals surface area contributed by atoms with Gasteiger partial charge in [-0.2, -0.15) is 5.10 Å². The molecule has 2 N–H and O–H groups in total. The van der Waals surface area contributed by atoms with Crippen LogP contribution in [0.3, 0.4) is 0 Å². The highest BCUT2D eigenvalue weighted by molar-refractivity contribution is 6.35. The van der Waals surface area contributed by atoms with Gasteiger partial charge in [-0.25, -0.2) is 4.79 Å². The van der Waals surface area contributed by atoms with Gasteiger partial charge < -0.3 is 9.72 Å². The summed E-state index contributed by atoms with van der Waals surface area (Å²) in [7, 11) is 0. The lowest BCUT2D eigenvalue weighted by Gasteiger charge is -2.22. The molecule has 1 aromatic carbocycles. The zero-order valence-corrected chi connectivity index (χ0v) is 18.2. The van der Waals surface area contributed by atoms with E-state index in [1.54, 1.807) is 18.3 Å². The Morgan fingerprint density at radius 2 is 2.00 bits per heavy atom. The molecule has 9 heteroatoms. The Morgan fingerprint density at radius 1 is 1.23 bits per heavy atom. The minimum atomic E-state index is -0.894. The molecule has 1 aliphatic heterocycles. The summed E-state index contributed by atoms with van der Waals surface area (Å²) < 4.78 is 6.89. The first-order chi connectivity index (χ1) is 14.8. The molecule has 8 nitrogen and oxygen atoms in total. The summed E-state index contributed by atoms with van der Waals surface area (Å²) >= 11 is 6.44. The highest BCUT2D eigenvalue weighted by Crippen LogP contribution is 2.32. The second kappa shape index (κ2) is 8.19. The van der Waals surface area contributed by atoms with Gasteiger partial charge in [-0.3, -0.25) is 19.6 Å². The molecule has 2 amide bonds. The van der Waals surface area contributed by atoms with Crippen LogP contribution in [-0.2, 0) is 16.1 Å². The normalized spacial score (nSPS) is 17.3. The largest absolute Gasteiger partial charge is 0.436 e. The van der Waals surface area contributed by atoms with E-state index in [-0.39, 0.29) is 23.8 Å². The van der Waals surface area contributed by atoms with Gasteiger partial charge in [0, 0.05) is 35.2 Å². The van der Waals surface area contributed by atoms with Gasteiger partial charge in [-0.05, 0) is 37.0 Å². The van der Waals surface area contributed by atoms with Crippen molar-refractivity contribution < 1.29 is 14.3 Å². The smallest absolute Gasteiger partial charge is 0.414 e. The number of nitrogens with one attached hydrogen (secondary N) is 2. The van der Waals surface area contributed by atoms with Crippen molar-refractivity contribution in [1.82, 2.24) is 20.1 Å². The van der Waals surface area contributed by atoms with Gasteiger partial charge >= 0.3 is 6.09 Å². The number of pyridine rings is 1. The fourth-order valence-corrected chi connectivity index (χ4v) is 4.29. The lowest BCUT2D eigenvalue weighted by atomic mass is 9.84. The van der Waals surface area contributed by atoms with E-state index in [0.29, 0.717) is 22.8 Å². The van der Waals surface area contributed by atoms with Crippen LogP contribution in [0.1, 0.15) is 38.7 Å². The molecule has 0 spiro atoms. The van der Waals surface area contributed by atoms with Crippen LogP contribution in [0.5, 0.6) is 0 Å². The molecule has 3 heterocycles. The Kier molecular flexibility index (Phi) is 5.58. The van der Waals surface area contributed by atoms with Crippen LogP contribution >= 0.6 is 11.6 Å². The summed E-state index contributed by atoms with van der Waals surface area (Å²) in [4.78, 5) is 39.2. The number of halogens is 1. The van der Waals surface area contributed by atoms with Gasteiger partial charge in [0.15, 0.2) is 6.10 Å². The van der Waals surface area contributed by atoms with Gasteiger partial charge in [0.05, 0.1) is 16.7 Å². The molecule has 2 atom stereocenters. The second-order valence-corrected chi connectivity index (χ2v) is 8.38. The number of alkyl carbamates (subject to hydrolysis) is 1. The van der Waals surface area contributed by atoms with Gasteiger partial charge in [-0.1, -0.05) is 31.5 Å². The van der Waals surface area contributed by atoms with E-state index < -0.39 is 18.1 Å². The number of imide groups is 1. The number of fused-ring (bicyclic) bond motifs is 1. The number of aryl methyl sites for hydroxylation is 1. The molecule has 0 saturated carbocycles. The van der Waals surface area contributed by atoms with Crippen LogP contribution in [0.25, 0.3) is 22.2 Å². The molecule has 1 aliphatic rings. The molecular formula is C22H23ClN4O4. The number of hydrogen-bond acceptors (Lipinski definition) is 5. The number of benzene rings is 1. The molecule has 31 heavy (non-hydrogen) atoms. The number of ether oxygens (including phenoxy) is 1. The van der Waals surface area contributed by atoms with Gasteiger partial charge in [0.2, 0.25) is 0 Å². The van der Waals surface area contributed by atoms with Crippen molar-refractivity contribution in [3.63, 3.8) is 0 Å². The number of rotatable bonds is 6. The molecule has 2 aromatic heterocycles. The molecule has 162 valence electrons. The van der Waals surface area contributed by atoms with E-state index in [1.165, 1.54) is 0 Å². The highest BCUT2D eigenvalue weighted by atomic mass is 35.5. The van der Waals surface area contributed by atoms with Crippen LogP contribution in [0.2, 0.25) is 5.02 Å². The average molecular weight is 443 g/mol. The van der Waals surface area contributed by atoms with Crippen molar-refractivity contribution in [2.45, 2.75) is 45.8 Å². The maximum absolute atomic E-state index is 13.0. The lowest BCUT2D eigenvalue weighted by molar-refractivity contribution is -0.123. The summed E-state index contributed by atoms with van der Waals surface area (Å²) in [5.41, 5.74) is 2.60. The third-order valence-corrected chi connectivity index (χ3v) is 6.01. The molecule has 1 fully saturated rings. The second-order valence-electron chi connectivity index (χ2n) is 7.98. The molecule has 2 unspecified atom stereocenters. The number of cyclic esters (lactones) is 1. The van der Waals surface area contributed by atoms with Crippen molar-refractivity contribution in [2.75, 3.05) is 0 Å². The van der Waals surface area contributed by atoms with Gasteiger partial charge in [0.1, 0.15) is 0 Å². The van der Waals surface area contributed by atoms with Crippen LogP contribution in [0.4, 0.5) is 4.79 Å². The van der Waals surface area contributed by atoms with Gasteiger partial charge in [0.25, 0.3) is 11.5 Å². The van der Waals surface area contributed by atoms with E-state index in [9.17, 15) is 14.4 Å². The van der Waals surface area contributed by atoms with Crippen LogP contribution in [-0.4, -0.2) is 32.9 Å². The topological polar surface area (TPSA) is 106 Å². The van der Waals surface area contributed by atoms with E-state index in [2.05, 4.69) is 15.4 Å². The number of amides is 2. The summed E-state index contributed by atoms with van der Waals surface area (Å²) in [5, 5.41) is 7.88. The number of aromatic nitrogens is 3. The minimum absolute atomic E-state index is 0.0590. The fraction of sp³-hybridized carbons (Fsp3) is 0.364. The quantitative estimate of drug-likeness (QED) is 0.603. The summed E-state index contributed by atoms with van der Waals surface area (Å²) in [6.07, 6.45) is 0.330. The standard InChI is InChI=1S/C22H23ClN4O4/c1-4-27-18-8-12(7-16(23)15(18)10-24-27)17-6-5-13(20(28)25-17)14(11(2)3)9-19-21(29)26-22(30)31-19/h5-8,10-11,14,19H,4,9H2,1-3H3,(H,25,28)(H,26,29,30). The zero-order chi connectivity index (χ0) is 22.3. The Labute approximate surface area is 183 Å². The Bertz CT molecular complexity index is 1230. The summed E-state index contributed by atoms with van der Waals surface area (Å²) in [5.74, 6) is -0.671. The van der Waals surface area contributed by atoms with E-state index in [1.807, 2.05) is 37.6 Å². The molecule has 4 rings (SSSR count). The fourth-order valence-electron chi connectivity index (χ4n) is 4.02. The summed E-state index contributed by atoms with van der Waals surface area (Å²) in [6, 6.07) is 7.35. The number of hydrogen-bond donors (Lipinski definition) is 2. The third kappa shape index (κ3) is 3.95. The Balaban J connectivity index is 1.69. The Morgan fingerprint density at radius 3 is 2.61 bits per heavy atom. The third-order valence-electron chi connectivity index (χ3n) is 5.70. The SMILES string of the molecule is CCn1ncc2c(Cl)cc(-c3ccc(C(CC4OC(=O)NC4=O)C(C)C)c(=O)[nH]3)cc21. The molecule has 1 saturated heterocycles. The van der Waals surface area contributed by atoms with Crippen LogP contribution in [0.15, 0.2) is 35.3 Å². The number of carbonyl (C=O) groups excluding carboxylic acids is 2. The first-order valence-corrected chi connectivity index (χ1v) is 10.6. The predicted molar refractivity (Wildman–Crippen MR) is 117 cm³/mol. The van der Waals surface area contributed by atoms with Crippen molar-refractivity contribution in [3.05, 3.63) is 51.4 Å². The van der Waals surface area contributed by atoms with Crippen molar-refractivity contribution in [3.8, 4) is 11.3 Å². The molecular weight excluding hydrogens is 420 g/mol. The zero-order valence-electron chi connectivity index (χ0n) is 17.4. The number of aromatic amines is 1. The van der Waals surface area contributed by atoms with E-state index in [0.717, 1.165) is 16.5 Å². The molecule has 0 aliphatic carbocycles. The first kappa shape index (κ1) is 21.1. The number of carbonyl (C=O) groups is 2. The Hall–Kier alpha value is -3.13. The molecule has 0 bridgehead atoms. The average Bonchev–Trinajstić information content (AvgIpc) is 3.28. The lowest BCUT2D eigenvalue weighted by Crippen LogP contribution is -2.29. The van der Waals surface area contributed by atoms with Crippen molar-refractivity contribution >= 4 is 34.5 Å². The van der Waals surface area contributed by atoms with E-state index in [4.69, 9.17) is 16.3 Å². The minimum Gasteiger partial charge on any atom is -0.436 e. The van der Waals surface area contributed by atoms with Crippen molar-refractivity contribution in [1.29, 1.82) is 0 Å². The molecule has 0 radical (unpaired) electrons. The van der Waals surface area contributed by atoms with E-state index >= 15 is 0 Å². The first-order valence-electron chi connectivity index (χ1n) is 10.2. The van der Waals surface area contributed by atoms with Crippen LogP contribution < -0.4 is 10.9 Å². The summed E-state index contributed by atoms with van der Waals surface area (Å²) in [6.45, 7) is 6.63. The monoisotopic (exact) mass is 442 g/mol. The van der Waals surface area contributed by atoms with Gasteiger partial charge in [-0.15, -0.1) is 0 Å². The predicted octanol–water partition coefficient (Wildman–Crippen LogP) is 3.83. The maximum atomic E-state index is 13.0. The maximum Gasteiger partial charge on any atom is 0.414 e. The van der Waals surface area contributed by atoms with Crippen LogP contribution in [0, 0.1) is 5.92 Å². The number of nitrogens with zero attached hydrogens (tertiary/aromatic N) is 2. The molecule has 3 aromatic rings. The number of H-pyrrole nitrogens is 1.